The van der Waals surface area contributed by atoms with Crippen LogP contribution in [0.1, 0.15) is 13.8 Å². The van der Waals surface area contributed by atoms with Crippen LogP contribution in [0.15, 0.2) is 0 Å². The Morgan fingerprint density at radius 3 is 1.50 bits per heavy atom. The monoisotopic (exact) mass is 116 g/mol. The van der Waals surface area contributed by atoms with Crippen molar-refractivity contribution in [3.8, 4) is 0 Å². The van der Waals surface area contributed by atoms with E-state index in [2.05, 4.69) is 7.05 Å². The van der Waals surface area contributed by atoms with Gasteiger partial charge < -0.3 is 11.5 Å². The van der Waals surface area contributed by atoms with Crippen molar-refractivity contribution in [2.24, 2.45) is 11.5 Å². The predicted molar refractivity (Wildman–Crippen MR) is 34.5 cm³/mol. The summed E-state index contributed by atoms with van der Waals surface area (Å²) >= 11 is 0. The van der Waals surface area contributed by atoms with Gasteiger partial charge in [-0.1, -0.05) is 0 Å². The van der Waals surface area contributed by atoms with Crippen LogP contribution in [0.25, 0.3) is 0 Å². The molecule has 2 unspecified atom stereocenters. The molecule has 8 heavy (non-hydrogen) atoms. The van der Waals surface area contributed by atoms with Gasteiger partial charge in [-0.15, -0.1) is 0 Å². The van der Waals surface area contributed by atoms with Gasteiger partial charge in [-0.2, -0.15) is 0 Å². The molecule has 0 rings (SSSR count). The Balaban J connectivity index is 3.46. The minimum atomic E-state index is -0.0602. The number of nitrogens with two attached hydrogens (primary N) is 2. The van der Waals surface area contributed by atoms with Gasteiger partial charge in [-0.3, -0.25) is 4.90 Å². The summed E-state index contributed by atoms with van der Waals surface area (Å²) in [5.74, 6) is 0. The smallest absolute Gasteiger partial charge is 0.0557 e. The summed E-state index contributed by atoms with van der Waals surface area (Å²) in [5, 5.41) is 0. The summed E-state index contributed by atoms with van der Waals surface area (Å²) < 4.78 is 0. The first-order valence-electron chi connectivity index (χ1n) is 2.65. The third kappa shape index (κ3) is 2.26. The molecule has 0 aromatic rings. The van der Waals surface area contributed by atoms with Crippen LogP contribution in [-0.2, 0) is 0 Å². The fraction of sp³-hybridized carbons (Fsp3) is 0.800. The fourth-order valence-corrected chi connectivity index (χ4v) is 0.371. The van der Waals surface area contributed by atoms with E-state index in [-0.39, 0.29) is 12.3 Å². The van der Waals surface area contributed by atoms with E-state index in [9.17, 15) is 0 Å². The molecule has 2 atom stereocenters. The van der Waals surface area contributed by atoms with Gasteiger partial charge in [0.25, 0.3) is 0 Å². The lowest BCUT2D eigenvalue weighted by molar-refractivity contribution is 0.232. The summed E-state index contributed by atoms with van der Waals surface area (Å²) in [5.41, 5.74) is 10.8. The van der Waals surface area contributed by atoms with Gasteiger partial charge in [0.15, 0.2) is 0 Å². The zero-order chi connectivity index (χ0) is 6.73. The Morgan fingerprint density at radius 2 is 1.50 bits per heavy atom. The average Bonchev–Trinajstić information content (AvgIpc) is 1.64. The lowest BCUT2D eigenvalue weighted by Gasteiger charge is -2.23. The summed E-state index contributed by atoms with van der Waals surface area (Å²) in [4.78, 5) is 1.64. The second kappa shape index (κ2) is 3.02. The van der Waals surface area contributed by atoms with Gasteiger partial charge in [0.2, 0.25) is 0 Å². The first-order valence-corrected chi connectivity index (χ1v) is 2.65. The van der Waals surface area contributed by atoms with E-state index in [0.29, 0.717) is 0 Å². The molecule has 4 N–H and O–H groups in total. The van der Waals surface area contributed by atoms with Crippen molar-refractivity contribution >= 4 is 0 Å². The average molecular weight is 116 g/mol. The minimum Gasteiger partial charge on any atom is -0.316 e. The van der Waals surface area contributed by atoms with Crippen molar-refractivity contribution in [3.63, 3.8) is 0 Å². The van der Waals surface area contributed by atoms with Gasteiger partial charge in [-0.05, 0) is 13.8 Å². The molecule has 0 aromatic carbocycles. The van der Waals surface area contributed by atoms with E-state index in [4.69, 9.17) is 11.5 Å². The zero-order valence-corrected chi connectivity index (χ0v) is 5.46. The van der Waals surface area contributed by atoms with E-state index in [1.807, 2.05) is 13.8 Å². The van der Waals surface area contributed by atoms with E-state index in [0.717, 1.165) is 0 Å². The Labute approximate surface area is 50.6 Å². The molecule has 1 radical (unpaired) electrons. The highest BCUT2D eigenvalue weighted by atomic mass is 15.3. The van der Waals surface area contributed by atoms with Gasteiger partial charge in [0, 0.05) is 7.05 Å². The van der Waals surface area contributed by atoms with Crippen molar-refractivity contribution in [2.75, 3.05) is 0 Å². The van der Waals surface area contributed by atoms with E-state index in [1.54, 1.807) is 4.90 Å². The quantitative estimate of drug-likeness (QED) is 0.486. The molecule has 0 aliphatic rings. The van der Waals surface area contributed by atoms with Crippen LogP contribution in [0.3, 0.4) is 0 Å². The van der Waals surface area contributed by atoms with Crippen molar-refractivity contribution in [1.29, 1.82) is 0 Å². The third-order valence-corrected chi connectivity index (χ3v) is 1.05. The highest BCUT2D eigenvalue weighted by Gasteiger charge is 2.05. The summed E-state index contributed by atoms with van der Waals surface area (Å²) in [6.45, 7) is 3.69. The van der Waals surface area contributed by atoms with Crippen LogP contribution in [0, 0.1) is 7.05 Å². The molecule has 49 valence electrons. The number of nitrogens with zero attached hydrogens (tertiary/aromatic N) is 1. The van der Waals surface area contributed by atoms with E-state index < -0.39 is 0 Å². The van der Waals surface area contributed by atoms with E-state index >= 15 is 0 Å². The number of rotatable bonds is 2. The van der Waals surface area contributed by atoms with Crippen LogP contribution < -0.4 is 11.5 Å². The zero-order valence-electron chi connectivity index (χ0n) is 5.46. The van der Waals surface area contributed by atoms with Crippen LogP contribution >= 0.6 is 0 Å². The molecule has 3 heteroatoms. The normalized spacial score (nSPS) is 18.8. The molecule has 0 aliphatic heterocycles. The minimum absolute atomic E-state index is 0.0602. The largest absolute Gasteiger partial charge is 0.316 e. The standard InChI is InChI=1S/C5H14N3/c1-4(6)8(3)5(2)7/h4-5H,3,6-7H2,1-2H3. The molecule has 0 aromatic heterocycles. The second-order valence-electron chi connectivity index (χ2n) is 2.00. The first kappa shape index (κ1) is 7.88. The summed E-state index contributed by atoms with van der Waals surface area (Å²) in [7, 11) is 3.62. The maximum atomic E-state index is 5.42. The second-order valence-corrected chi connectivity index (χ2v) is 2.00. The lowest BCUT2D eigenvalue weighted by Crippen LogP contribution is -2.45. The van der Waals surface area contributed by atoms with Crippen LogP contribution in [-0.4, -0.2) is 17.2 Å². The summed E-state index contributed by atoms with van der Waals surface area (Å²) in [6.07, 6.45) is -0.120. The van der Waals surface area contributed by atoms with Gasteiger partial charge >= 0.3 is 0 Å². The molecule has 0 fully saturated rings. The summed E-state index contributed by atoms with van der Waals surface area (Å²) in [6, 6.07) is 0. The van der Waals surface area contributed by atoms with Gasteiger partial charge in [-0.25, -0.2) is 0 Å². The van der Waals surface area contributed by atoms with Crippen molar-refractivity contribution in [2.45, 2.75) is 26.2 Å². The maximum absolute atomic E-state index is 5.42. The van der Waals surface area contributed by atoms with Crippen molar-refractivity contribution < 1.29 is 0 Å². The molecule has 0 bridgehead atoms. The lowest BCUT2D eigenvalue weighted by atomic mass is 10.4. The fourth-order valence-electron chi connectivity index (χ4n) is 0.371. The molecule has 0 spiro atoms. The highest BCUT2D eigenvalue weighted by Crippen LogP contribution is 1.91. The molecule has 3 nitrogen and oxygen atoms in total. The number of hydrogen-bond donors (Lipinski definition) is 2. The molecule has 0 heterocycles. The molecular formula is C5H14N3. The third-order valence-electron chi connectivity index (χ3n) is 1.05. The number of hydrogen-bond acceptors (Lipinski definition) is 3. The first-order chi connectivity index (χ1) is 3.55. The van der Waals surface area contributed by atoms with Crippen molar-refractivity contribution in [1.82, 2.24) is 4.90 Å². The Hall–Kier alpha value is -0.120. The van der Waals surface area contributed by atoms with E-state index in [1.165, 1.54) is 0 Å². The van der Waals surface area contributed by atoms with Gasteiger partial charge in [0.05, 0.1) is 12.3 Å². The molecular weight excluding hydrogens is 102 g/mol. The highest BCUT2D eigenvalue weighted by molar-refractivity contribution is 4.61. The van der Waals surface area contributed by atoms with Crippen molar-refractivity contribution in [3.05, 3.63) is 7.05 Å². The van der Waals surface area contributed by atoms with Crippen LogP contribution in [0.2, 0.25) is 0 Å². The molecule has 0 amide bonds. The van der Waals surface area contributed by atoms with Gasteiger partial charge in [0.1, 0.15) is 0 Å². The topological polar surface area (TPSA) is 55.3 Å². The Kier molecular flexibility index (Phi) is 2.97. The van der Waals surface area contributed by atoms with Crippen LogP contribution in [0.5, 0.6) is 0 Å². The maximum Gasteiger partial charge on any atom is 0.0557 e. The van der Waals surface area contributed by atoms with Crippen LogP contribution in [0.4, 0.5) is 0 Å². The Morgan fingerprint density at radius 1 is 1.25 bits per heavy atom. The predicted octanol–water partition coefficient (Wildman–Crippen LogP) is -0.311. The SMILES string of the molecule is [CH2]N(C(C)N)C(C)N. The molecule has 0 saturated carbocycles. The molecule has 0 saturated heterocycles. The molecule has 0 aliphatic carbocycles. The Bertz CT molecular complexity index is 52.7.